The summed E-state index contributed by atoms with van der Waals surface area (Å²) in [7, 11) is 2.93. The summed E-state index contributed by atoms with van der Waals surface area (Å²) in [5.74, 6) is 0.456. The molecule has 0 radical (unpaired) electrons. The molecule has 2 aromatic rings. The van der Waals surface area contributed by atoms with Crippen molar-refractivity contribution in [2.75, 3.05) is 14.2 Å². The van der Waals surface area contributed by atoms with Gasteiger partial charge in [-0.1, -0.05) is 25.7 Å². The fraction of sp³-hybridized carbons (Fsp3) is 0.385. The number of nitrogens with zero attached hydrogens (tertiary/aromatic N) is 2. The van der Waals surface area contributed by atoms with Crippen molar-refractivity contribution in [1.29, 1.82) is 0 Å². The highest BCUT2D eigenvalue weighted by atomic mass is 16.5. The predicted octanol–water partition coefficient (Wildman–Crippen LogP) is 3.84. The van der Waals surface area contributed by atoms with E-state index in [1.54, 1.807) is 24.3 Å². The number of hydrazone groups is 2. The molecule has 0 saturated heterocycles. The minimum Gasteiger partial charge on any atom is -0.504 e. The average molecular weight is 499 g/mol. The molecule has 0 atom stereocenters. The van der Waals surface area contributed by atoms with Crippen LogP contribution in [0.3, 0.4) is 0 Å². The average Bonchev–Trinajstić information content (AvgIpc) is 2.87. The van der Waals surface area contributed by atoms with Gasteiger partial charge in [-0.2, -0.15) is 10.2 Å². The summed E-state index contributed by atoms with van der Waals surface area (Å²) >= 11 is 0. The molecular formula is C26H34N4O6. The molecule has 2 aromatic carbocycles. The largest absolute Gasteiger partial charge is 0.504 e. The molecule has 0 spiro atoms. The first-order valence-electron chi connectivity index (χ1n) is 11.8. The number of aromatic hydroxyl groups is 2. The fourth-order valence-electron chi connectivity index (χ4n) is 3.30. The monoisotopic (exact) mass is 498 g/mol. The minimum atomic E-state index is -0.153. The number of ether oxygens (including phenoxy) is 2. The third-order valence-corrected chi connectivity index (χ3v) is 5.27. The molecule has 36 heavy (non-hydrogen) atoms. The molecule has 0 aliphatic rings. The number of nitrogens with one attached hydrogen (secondary N) is 2. The molecule has 0 heterocycles. The Bertz CT molecular complexity index is 971. The van der Waals surface area contributed by atoms with Gasteiger partial charge in [-0.25, -0.2) is 10.9 Å². The van der Waals surface area contributed by atoms with Crippen LogP contribution in [0.25, 0.3) is 0 Å². The first-order valence-corrected chi connectivity index (χ1v) is 11.8. The fourth-order valence-corrected chi connectivity index (χ4v) is 3.30. The molecule has 2 rings (SSSR count). The van der Waals surface area contributed by atoms with E-state index in [4.69, 9.17) is 9.47 Å². The highest BCUT2D eigenvalue weighted by molar-refractivity contribution is 5.84. The van der Waals surface area contributed by atoms with Crippen molar-refractivity contribution in [1.82, 2.24) is 10.9 Å². The standard InChI is InChI=1S/C26H34N4O6/c1-35-23-15-19(11-13-21(23)31)17-27-29-25(33)9-7-5-3-4-6-8-10-26(34)30-28-18-20-12-14-22(32)24(16-20)36-2/h11-18,31-32H,3-10H2,1-2H3,(H,29,33)(H,30,34)/b27-17+,28-18+. The van der Waals surface area contributed by atoms with E-state index in [2.05, 4.69) is 21.1 Å². The SMILES string of the molecule is COc1cc(/C=N/NC(=O)CCCCCCCCC(=O)N/N=C/c2ccc(O)c(OC)c2)ccc1O. The number of carbonyl (C=O) groups excluding carboxylic acids is 2. The molecule has 4 N–H and O–H groups in total. The maximum absolute atomic E-state index is 11.9. The third-order valence-electron chi connectivity index (χ3n) is 5.27. The highest BCUT2D eigenvalue weighted by Gasteiger charge is 2.04. The van der Waals surface area contributed by atoms with Crippen molar-refractivity contribution in [3.63, 3.8) is 0 Å². The number of benzene rings is 2. The number of phenolic OH excluding ortho intramolecular Hbond substituents is 2. The van der Waals surface area contributed by atoms with Gasteiger partial charge >= 0.3 is 0 Å². The lowest BCUT2D eigenvalue weighted by molar-refractivity contribution is -0.122. The second kappa shape index (κ2) is 15.8. The summed E-state index contributed by atoms with van der Waals surface area (Å²) in [5, 5.41) is 27.0. The van der Waals surface area contributed by atoms with Crippen molar-refractivity contribution in [3.8, 4) is 23.0 Å². The van der Waals surface area contributed by atoms with Crippen LogP contribution in [0.15, 0.2) is 46.6 Å². The number of phenols is 2. The van der Waals surface area contributed by atoms with Crippen LogP contribution >= 0.6 is 0 Å². The molecule has 0 aromatic heterocycles. The van der Waals surface area contributed by atoms with Crippen LogP contribution in [-0.2, 0) is 9.59 Å². The Balaban J connectivity index is 1.49. The molecule has 0 aliphatic heterocycles. The zero-order valence-electron chi connectivity index (χ0n) is 20.7. The first-order chi connectivity index (χ1) is 17.4. The Hall–Kier alpha value is -4.08. The molecule has 2 amide bonds. The lowest BCUT2D eigenvalue weighted by Gasteiger charge is -2.04. The van der Waals surface area contributed by atoms with E-state index in [1.165, 1.54) is 38.8 Å². The first kappa shape index (κ1) is 28.2. The molecule has 0 saturated carbocycles. The Morgan fingerprint density at radius 1 is 0.722 bits per heavy atom. The lowest BCUT2D eigenvalue weighted by Crippen LogP contribution is -2.17. The van der Waals surface area contributed by atoms with Crippen LogP contribution in [-0.4, -0.2) is 48.7 Å². The van der Waals surface area contributed by atoms with Crippen molar-refractivity contribution >= 4 is 24.2 Å². The Labute approximate surface area is 211 Å². The maximum Gasteiger partial charge on any atom is 0.240 e. The number of rotatable bonds is 15. The van der Waals surface area contributed by atoms with E-state index in [-0.39, 0.29) is 23.3 Å². The van der Waals surface area contributed by atoms with Crippen LogP contribution in [0.4, 0.5) is 0 Å². The lowest BCUT2D eigenvalue weighted by atomic mass is 10.1. The van der Waals surface area contributed by atoms with Gasteiger partial charge < -0.3 is 19.7 Å². The molecule has 0 unspecified atom stereocenters. The Kier molecular flexibility index (Phi) is 12.3. The normalized spacial score (nSPS) is 11.1. The number of amides is 2. The number of hydrogen-bond acceptors (Lipinski definition) is 8. The van der Waals surface area contributed by atoms with Gasteiger partial charge in [0.25, 0.3) is 0 Å². The van der Waals surface area contributed by atoms with Crippen molar-refractivity contribution in [3.05, 3.63) is 47.5 Å². The van der Waals surface area contributed by atoms with Gasteiger partial charge in [0.1, 0.15) is 0 Å². The third kappa shape index (κ3) is 10.5. The Morgan fingerprint density at radius 3 is 1.50 bits per heavy atom. The van der Waals surface area contributed by atoms with Gasteiger partial charge in [0, 0.05) is 12.8 Å². The van der Waals surface area contributed by atoms with Gasteiger partial charge in [0.15, 0.2) is 23.0 Å². The molecule has 10 nitrogen and oxygen atoms in total. The zero-order valence-corrected chi connectivity index (χ0v) is 20.7. The van der Waals surface area contributed by atoms with Crippen LogP contribution in [0, 0.1) is 0 Å². The minimum absolute atomic E-state index is 0.0414. The second-order valence-corrected chi connectivity index (χ2v) is 8.07. The Morgan fingerprint density at radius 2 is 1.11 bits per heavy atom. The van der Waals surface area contributed by atoms with E-state index < -0.39 is 0 Å². The maximum atomic E-state index is 11.9. The molecule has 0 bridgehead atoms. The molecule has 194 valence electrons. The molecule has 10 heteroatoms. The van der Waals surface area contributed by atoms with Gasteiger partial charge in [0.05, 0.1) is 26.6 Å². The van der Waals surface area contributed by atoms with Crippen molar-refractivity contribution < 1.29 is 29.3 Å². The summed E-state index contributed by atoms with van der Waals surface area (Å²) in [6, 6.07) is 9.58. The van der Waals surface area contributed by atoms with Gasteiger partial charge in [0.2, 0.25) is 11.8 Å². The van der Waals surface area contributed by atoms with Gasteiger partial charge in [-0.15, -0.1) is 0 Å². The van der Waals surface area contributed by atoms with Crippen molar-refractivity contribution in [2.24, 2.45) is 10.2 Å². The van der Waals surface area contributed by atoms with Crippen LogP contribution in [0.1, 0.15) is 62.5 Å². The smallest absolute Gasteiger partial charge is 0.240 e. The van der Waals surface area contributed by atoms with E-state index in [9.17, 15) is 19.8 Å². The number of carbonyl (C=O) groups is 2. The van der Waals surface area contributed by atoms with E-state index in [0.717, 1.165) is 38.5 Å². The van der Waals surface area contributed by atoms with Crippen molar-refractivity contribution in [2.45, 2.75) is 51.4 Å². The van der Waals surface area contributed by atoms with E-state index in [0.29, 0.717) is 35.5 Å². The molecular weight excluding hydrogens is 464 g/mol. The summed E-state index contributed by atoms with van der Waals surface area (Å²) in [4.78, 5) is 23.8. The predicted molar refractivity (Wildman–Crippen MR) is 138 cm³/mol. The zero-order chi connectivity index (χ0) is 26.2. The summed E-state index contributed by atoms with van der Waals surface area (Å²) in [5.41, 5.74) is 6.39. The molecule has 0 fully saturated rings. The van der Waals surface area contributed by atoms with E-state index in [1.807, 2.05) is 0 Å². The molecule has 0 aliphatic carbocycles. The summed E-state index contributed by atoms with van der Waals surface area (Å²) in [6.45, 7) is 0. The quantitative estimate of drug-likeness (QED) is 0.167. The van der Waals surface area contributed by atoms with Crippen LogP contribution in [0.2, 0.25) is 0 Å². The summed E-state index contributed by atoms with van der Waals surface area (Å²) < 4.78 is 10.1. The second-order valence-electron chi connectivity index (χ2n) is 8.07. The van der Waals surface area contributed by atoms with Gasteiger partial charge in [-0.3, -0.25) is 9.59 Å². The van der Waals surface area contributed by atoms with Gasteiger partial charge in [-0.05, 0) is 60.4 Å². The highest BCUT2D eigenvalue weighted by Crippen LogP contribution is 2.26. The van der Waals surface area contributed by atoms with Crippen LogP contribution in [0.5, 0.6) is 23.0 Å². The topological polar surface area (TPSA) is 142 Å². The number of methoxy groups -OCH3 is 2. The van der Waals surface area contributed by atoms with E-state index >= 15 is 0 Å². The number of hydrogen-bond donors (Lipinski definition) is 4. The number of unbranched alkanes of at least 4 members (excludes halogenated alkanes) is 5. The van der Waals surface area contributed by atoms with Crippen LogP contribution < -0.4 is 20.3 Å². The summed E-state index contributed by atoms with van der Waals surface area (Å²) in [6.07, 6.45) is 9.15.